The highest BCUT2D eigenvalue weighted by Gasteiger charge is 2.46. The summed E-state index contributed by atoms with van der Waals surface area (Å²) in [6.07, 6.45) is -5.09. The first-order valence-electron chi connectivity index (χ1n) is 9.21. The Morgan fingerprint density at radius 2 is 1.97 bits per heavy atom. The van der Waals surface area contributed by atoms with Crippen molar-refractivity contribution in [3.05, 3.63) is 12.4 Å². The molecule has 1 amide bonds. The van der Waals surface area contributed by atoms with E-state index >= 15 is 0 Å². The van der Waals surface area contributed by atoms with E-state index in [1.807, 2.05) is 0 Å². The molecule has 3 atom stereocenters. The number of nitrogens with zero attached hydrogens (tertiary/aromatic N) is 4. The smallest absolute Gasteiger partial charge is 0.358 e. The number of hydrogen-bond donors (Lipinski definition) is 1. The summed E-state index contributed by atoms with van der Waals surface area (Å²) in [5.74, 6) is -2.27. The lowest BCUT2D eigenvalue weighted by molar-refractivity contribution is -0.359. The predicted molar refractivity (Wildman–Crippen MR) is 93.6 cm³/mol. The summed E-state index contributed by atoms with van der Waals surface area (Å²) in [7, 11) is 0. The SMILES string of the molecule is C[C@@H](Nc1cc(N2CCC(F)(F)CC2)ncn1)C(=O)N1C[C@H](OC(F)(F)F)[C@@H]1C. The molecule has 12 heteroatoms. The van der Waals surface area contributed by atoms with Crippen molar-refractivity contribution in [2.24, 2.45) is 0 Å². The van der Waals surface area contributed by atoms with Gasteiger partial charge in [-0.1, -0.05) is 0 Å². The molecule has 0 bridgehead atoms. The molecule has 1 N–H and O–H groups in total. The number of carbonyl (C=O) groups is 1. The number of anilines is 2. The molecule has 0 unspecified atom stereocenters. The van der Waals surface area contributed by atoms with Gasteiger partial charge in [0.25, 0.3) is 5.92 Å². The number of rotatable bonds is 5. The van der Waals surface area contributed by atoms with Gasteiger partial charge in [-0.05, 0) is 13.8 Å². The van der Waals surface area contributed by atoms with Crippen LogP contribution in [0, 0.1) is 0 Å². The Labute approximate surface area is 164 Å². The maximum Gasteiger partial charge on any atom is 0.522 e. The van der Waals surface area contributed by atoms with E-state index in [0.717, 1.165) is 0 Å². The lowest BCUT2D eigenvalue weighted by Gasteiger charge is -2.46. The number of carbonyl (C=O) groups excluding carboxylic acids is 1. The predicted octanol–water partition coefficient (Wildman–Crippen LogP) is 2.65. The first-order chi connectivity index (χ1) is 13.5. The van der Waals surface area contributed by atoms with E-state index in [0.29, 0.717) is 11.6 Å². The van der Waals surface area contributed by atoms with Crippen LogP contribution in [-0.2, 0) is 9.53 Å². The van der Waals surface area contributed by atoms with E-state index < -0.39 is 36.4 Å². The van der Waals surface area contributed by atoms with Crippen molar-refractivity contribution in [1.29, 1.82) is 0 Å². The minimum Gasteiger partial charge on any atom is -0.358 e. The van der Waals surface area contributed by atoms with Gasteiger partial charge in [0.05, 0.1) is 6.04 Å². The average Bonchev–Trinajstić information content (AvgIpc) is 2.63. The highest BCUT2D eigenvalue weighted by atomic mass is 19.4. The molecule has 0 spiro atoms. The van der Waals surface area contributed by atoms with Crippen LogP contribution >= 0.6 is 0 Å². The summed E-state index contributed by atoms with van der Waals surface area (Å²) in [6, 6.07) is 0.101. The van der Waals surface area contributed by atoms with E-state index in [2.05, 4.69) is 20.0 Å². The fourth-order valence-corrected chi connectivity index (χ4v) is 3.37. The van der Waals surface area contributed by atoms with Gasteiger partial charge in [0, 0.05) is 38.5 Å². The van der Waals surface area contributed by atoms with Crippen molar-refractivity contribution < 1.29 is 31.5 Å². The molecule has 0 radical (unpaired) electrons. The minimum atomic E-state index is -4.74. The van der Waals surface area contributed by atoms with E-state index in [9.17, 15) is 26.7 Å². The normalized spacial score (nSPS) is 25.3. The monoisotopic (exact) mass is 423 g/mol. The summed E-state index contributed by atoms with van der Waals surface area (Å²) in [4.78, 5) is 23.6. The topological polar surface area (TPSA) is 70.6 Å². The third-order valence-corrected chi connectivity index (χ3v) is 5.18. The Kier molecular flexibility index (Phi) is 5.84. The number of nitrogens with one attached hydrogen (secondary N) is 1. The van der Waals surface area contributed by atoms with E-state index in [-0.39, 0.29) is 32.5 Å². The lowest BCUT2D eigenvalue weighted by atomic mass is 10.00. The molecule has 3 heterocycles. The molecule has 3 rings (SSSR count). The largest absolute Gasteiger partial charge is 0.522 e. The number of halogens is 5. The van der Waals surface area contributed by atoms with Crippen molar-refractivity contribution in [3.63, 3.8) is 0 Å². The fourth-order valence-electron chi connectivity index (χ4n) is 3.37. The summed E-state index contributed by atoms with van der Waals surface area (Å²) >= 11 is 0. The Morgan fingerprint density at radius 3 is 2.55 bits per heavy atom. The zero-order chi connectivity index (χ0) is 21.4. The van der Waals surface area contributed by atoms with Crippen molar-refractivity contribution in [3.8, 4) is 0 Å². The van der Waals surface area contributed by atoms with Gasteiger partial charge in [0.15, 0.2) is 0 Å². The Balaban J connectivity index is 1.56. The number of likely N-dealkylation sites (tertiary alicyclic amines) is 1. The minimum absolute atomic E-state index is 0.150. The van der Waals surface area contributed by atoms with Crippen molar-refractivity contribution >= 4 is 17.5 Å². The van der Waals surface area contributed by atoms with Gasteiger partial charge < -0.3 is 15.1 Å². The van der Waals surface area contributed by atoms with Crippen LogP contribution in [-0.4, -0.2) is 70.9 Å². The quantitative estimate of drug-likeness (QED) is 0.735. The van der Waals surface area contributed by atoms with Gasteiger partial charge in [-0.3, -0.25) is 9.53 Å². The maximum absolute atomic E-state index is 13.3. The second-order valence-corrected chi connectivity index (χ2v) is 7.30. The highest BCUT2D eigenvalue weighted by molar-refractivity contribution is 5.85. The molecule has 2 aliphatic rings. The van der Waals surface area contributed by atoms with E-state index in [1.165, 1.54) is 18.2 Å². The van der Waals surface area contributed by atoms with Crippen LogP contribution in [0.4, 0.5) is 33.6 Å². The van der Waals surface area contributed by atoms with Crippen LogP contribution in [0.5, 0.6) is 0 Å². The summed E-state index contributed by atoms with van der Waals surface area (Å²) in [5.41, 5.74) is 0. The van der Waals surface area contributed by atoms with Gasteiger partial charge in [-0.15, -0.1) is 13.2 Å². The number of amides is 1. The molecule has 1 aromatic rings. The molecule has 162 valence electrons. The molecular weight excluding hydrogens is 401 g/mol. The van der Waals surface area contributed by atoms with Crippen LogP contribution in [0.2, 0.25) is 0 Å². The summed E-state index contributed by atoms with van der Waals surface area (Å²) in [5, 5.41) is 2.89. The number of aromatic nitrogens is 2. The molecule has 2 saturated heterocycles. The molecule has 2 fully saturated rings. The first kappa shape index (κ1) is 21.5. The van der Waals surface area contributed by atoms with Gasteiger partial charge in [0.2, 0.25) is 5.91 Å². The molecule has 2 aliphatic heterocycles. The number of ether oxygens (including phenoxy) is 1. The molecular formula is C17H22F5N5O2. The van der Waals surface area contributed by atoms with Crippen molar-refractivity contribution in [1.82, 2.24) is 14.9 Å². The summed E-state index contributed by atoms with van der Waals surface area (Å²) < 4.78 is 67.5. The Morgan fingerprint density at radius 1 is 1.31 bits per heavy atom. The van der Waals surface area contributed by atoms with Gasteiger partial charge in [-0.25, -0.2) is 18.7 Å². The number of piperidine rings is 1. The third kappa shape index (κ3) is 5.22. The standard InChI is InChI=1S/C17H22F5N5O2/c1-10(15(28)27-8-12(11(27)2)29-17(20,21)22)25-13-7-14(24-9-23-13)26-5-3-16(18,19)4-6-26/h7,9-12H,3-6,8H2,1-2H3,(H,23,24,25)/t10-,11+,12+/m1/s1. The second-order valence-electron chi connectivity index (χ2n) is 7.30. The van der Waals surface area contributed by atoms with Crippen LogP contribution < -0.4 is 10.2 Å². The summed E-state index contributed by atoms with van der Waals surface area (Å²) in [6.45, 7) is 3.21. The van der Waals surface area contributed by atoms with Crippen LogP contribution in [0.1, 0.15) is 26.7 Å². The molecule has 1 aromatic heterocycles. The average molecular weight is 423 g/mol. The zero-order valence-corrected chi connectivity index (χ0v) is 15.9. The highest BCUT2D eigenvalue weighted by Crippen LogP contribution is 2.31. The van der Waals surface area contributed by atoms with Crippen LogP contribution in [0.15, 0.2) is 12.4 Å². The van der Waals surface area contributed by atoms with Crippen LogP contribution in [0.25, 0.3) is 0 Å². The zero-order valence-electron chi connectivity index (χ0n) is 15.9. The Hall–Kier alpha value is -2.24. The number of alkyl halides is 5. The lowest BCUT2D eigenvalue weighted by Crippen LogP contribution is -2.64. The fraction of sp³-hybridized carbons (Fsp3) is 0.706. The van der Waals surface area contributed by atoms with E-state index in [1.54, 1.807) is 17.9 Å². The first-order valence-corrected chi connectivity index (χ1v) is 9.21. The molecule has 0 aromatic carbocycles. The third-order valence-electron chi connectivity index (χ3n) is 5.18. The molecule has 0 aliphatic carbocycles. The van der Waals surface area contributed by atoms with Gasteiger partial charge in [-0.2, -0.15) is 0 Å². The second kappa shape index (κ2) is 7.88. The van der Waals surface area contributed by atoms with Gasteiger partial charge >= 0.3 is 6.36 Å². The maximum atomic E-state index is 13.3. The van der Waals surface area contributed by atoms with E-state index in [4.69, 9.17) is 0 Å². The molecule has 29 heavy (non-hydrogen) atoms. The van der Waals surface area contributed by atoms with Crippen LogP contribution in [0.3, 0.4) is 0 Å². The van der Waals surface area contributed by atoms with Crippen molar-refractivity contribution in [2.75, 3.05) is 29.9 Å². The molecule has 0 saturated carbocycles. The molecule has 7 nitrogen and oxygen atoms in total. The number of hydrogen-bond acceptors (Lipinski definition) is 6. The Bertz CT molecular complexity index is 737. The van der Waals surface area contributed by atoms with Gasteiger partial charge in [0.1, 0.15) is 30.1 Å². The van der Waals surface area contributed by atoms with Crippen molar-refractivity contribution in [2.45, 2.75) is 57.2 Å².